The van der Waals surface area contributed by atoms with Crippen LogP contribution in [0.3, 0.4) is 0 Å². The molecule has 1 saturated carbocycles. The van der Waals surface area contributed by atoms with Crippen molar-refractivity contribution in [3.63, 3.8) is 0 Å². The Morgan fingerprint density at radius 2 is 1.83 bits per heavy atom. The molecule has 166 valence electrons. The Bertz CT molecular complexity index is 793. The van der Waals surface area contributed by atoms with Crippen LogP contribution in [-0.2, 0) is 6.54 Å². The summed E-state index contributed by atoms with van der Waals surface area (Å²) < 4.78 is 42.7. The van der Waals surface area contributed by atoms with Crippen molar-refractivity contribution in [2.75, 3.05) is 6.54 Å². The number of ether oxygens (including phenoxy) is 1. The van der Waals surface area contributed by atoms with Crippen LogP contribution in [0.4, 0.5) is 13.2 Å². The lowest BCUT2D eigenvalue weighted by molar-refractivity contribution is -0.274. The second-order valence-electron chi connectivity index (χ2n) is 7.88. The average molecular weight is 490 g/mol. The van der Waals surface area contributed by atoms with E-state index in [0.29, 0.717) is 23.4 Å². The van der Waals surface area contributed by atoms with Gasteiger partial charge in [0.25, 0.3) is 0 Å². The van der Waals surface area contributed by atoms with Crippen molar-refractivity contribution in [1.82, 2.24) is 10.6 Å². The van der Waals surface area contributed by atoms with E-state index in [9.17, 15) is 13.2 Å². The van der Waals surface area contributed by atoms with Gasteiger partial charge in [0.1, 0.15) is 11.4 Å². The van der Waals surface area contributed by atoms with Crippen LogP contribution in [0, 0.1) is 11.8 Å². The summed E-state index contributed by atoms with van der Waals surface area (Å²) >= 11 is 3.52. The number of nitrogens with two attached hydrogens (primary N) is 2. The zero-order chi connectivity index (χ0) is 21.8. The maximum atomic E-state index is 12.6. The Kier molecular flexibility index (Phi) is 7.30. The normalized spacial score (nSPS) is 28.5. The zero-order valence-corrected chi connectivity index (χ0v) is 18.1. The van der Waals surface area contributed by atoms with Gasteiger partial charge in [0, 0.05) is 11.8 Å². The maximum absolute atomic E-state index is 12.6. The van der Waals surface area contributed by atoms with Crippen LogP contribution in [0.15, 0.2) is 39.9 Å². The van der Waals surface area contributed by atoms with Crippen LogP contribution in [0.1, 0.15) is 37.7 Å². The van der Waals surface area contributed by atoms with Crippen molar-refractivity contribution in [1.29, 1.82) is 0 Å². The Morgan fingerprint density at radius 3 is 2.50 bits per heavy atom. The van der Waals surface area contributed by atoms with Crippen molar-refractivity contribution in [3.05, 3.63) is 40.5 Å². The Labute approximate surface area is 182 Å². The fourth-order valence-electron chi connectivity index (χ4n) is 3.95. The molecule has 6 nitrogen and oxygen atoms in total. The van der Waals surface area contributed by atoms with E-state index in [4.69, 9.17) is 11.5 Å². The number of halogens is 4. The maximum Gasteiger partial charge on any atom is 0.573 e. The van der Waals surface area contributed by atoms with Gasteiger partial charge in [0.15, 0.2) is 5.96 Å². The quantitative estimate of drug-likeness (QED) is 0.488. The summed E-state index contributed by atoms with van der Waals surface area (Å²) in [7, 11) is 0. The third-order valence-electron chi connectivity index (χ3n) is 5.62. The monoisotopic (exact) mass is 489 g/mol. The SMILES string of the molecule is NCC1CCC(CC2(N)NC(=NCc3ccccc3OC(F)(F)F)NC=C2Br)CC1. The van der Waals surface area contributed by atoms with Gasteiger partial charge < -0.3 is 26.8 Å². The first-order chi connectivity index (χ1) is 14.2. The van der Waals surface area contributed by atoms with Crippen LogP contribution in [-0.4, -0.2) is 24.5 Å². The molecule has 0 amide bonds. The molecule has 10 heteroatoms. The van der Waals surface area contributed by atoms with Gasteiger partial charge in [-0.3, -0.25) is 0 Å². The largest absolute Gasteiger partial charge is 0.573 e. The molecule has 6 N–H and O–H groups in total. The molecule has 1 atom stereocenters. The minimum absolute atomic E-state index is 0.00470. The average Bonchev–Trinajstić information content (AvgIpc) is 2.69. The molecule has 30 heavy (non-hydrogen) atoms. The van der Waals surface area contributed by atoms with Crippen LogP contribution in [0.5, 0.6) is 5.75 Å². The van der Waals surface area contributed by atoms with Gasteiger partial charge in [0.2, 0.25) is 0 Å². The topological polar surface area (TPSA) is 97.7 Å². The third-order valence-corrected chi connectivity index (χ3v) is 6.56. The highest BCUT2D eigenvalue weighted by molar-refractivity contribution is 9.11. The molecule has 0 bridgehead atoms. The highest BCUT2D eigenvalue weighted by Crippen LogP contribution is 2.36. The minimum Gasteiger partial charge on any atom is -0.405 e. The highest BCUT2D eigenvalue weighted by Gasteiger charge is 2.36. The predicted octanol–water partition coefficient (Wildman–Crippen LogP) is 3.68. The molecule has 0 radical (unpaired) electrons. The molecule has 3 rings (SSSR count). The molecule has 0 aromatic heterocycles. The number of nitrogens with one attached hydrogen (secondary N) is 2. The number of guanidine groups is 1. The van der Waals surface area contributed by atoms with Crippen LogP contribution >= 0.6 is 15.9 Å². The van der Waals surface area contributed by atoms with Crippen LogP contribution in [0.2, 0.25) is 0 Å². The van der Waals surface area contributed by atoms with Crippen LogP contribution < -0.4 is 26.8 Å². The first-order valence-electron chi connectivity index (χ1n) is 9.96. The molecule has 1 aliphatic heterocycles. The summed E-state index contributed by atoms with van der Waals surface area (Å²) in [4.78, 5) is 4.38. The summed E-state index contributed by atoms with van der Waals surface area (Å²) in [6.45, 7) is 0.729. The van der Waals surface area contributed by atoms with Gasteiger partial charge in [-0.2, -0.15) is 0 Å². The number of rotatable bonds is 6. The number of alkyl halides is 3. The molecule has 1 aliphatic carbocycles. The van der Waals surface area contributed by atoms with Gasteiger partial charge in [-0.1, -0.05) is 18.2 Å². The second kappa shape index (κ2) is 9.57. The van der Waals surface area contributed by atoms with Gasteiger partial charge >= 0.3 is 6.36 Å². The summed E-state index contributed by atoms with van der Waals surface area (Å²) in [5, 5.41) is 6.19. The molecule has 1 aromatic carbocycles. The van der Waals surface area contributed by atoms with E-state index < -0.39 is 12.0 Å². The van der Waals surface area contributed by atoms with E-state index in [2.05, 4.69) is 36.3 Å². The zero-order valence-electron chi connectivity index (χ0n) is 16.5. The van der Waals surface area contributed by atoms with Crippen molar-refractivity contribution in [2.45, 2.75) is 50.7 Å². The molecular weight excluding hydrogens is 463 g/mol. The van der Waals surface area contributed by atoms with Gasteiger partial charge in [-0.25, -0.2) is 4.99 Å². The van der Waals surface area contributed by atoms with Gasteiger partial charge in [0.05, 0.1) is 11.0 Å². The van der Waals surface area contributed by atoms with Gasteiger partial charge in [-0.05, 0) is 72.5 Å². The standard InChI is InChI=1S/C20H27BrF3N5O/c21-17-12-28-18(27-11-15-3-1-2-4-16(15)30-20(22,23)24)29-19(17,26)9-13-5-7-14(10-25)8-6-13/h1-4,12-14H,5-11,25-26H2,(H2,27,28,29). The van der Waals surface area contributed by atoms with Crippen molar-refractivity contribution in [3.8, 4) is 5.75 Å². The predicted molar refractivity (Wildman–Crippen MR) is 114 cm³/mol. The van der Waals surface area contributed by atoms with E-state index >= 15 is 0 Å². The Balaban J connectivity index is 1.66. The van der Waals surface area contributed by atoms with E-state index in [1.54, 1.807) is 18.3 Å². The van der Waals surface area contributed by atoms with E-state index in [1.165, 1.54) is 12.1 Å². The smallest absolute Gasteiger partial charge is 0.405 e. The number of hydrogen-bond acceptors (Lipinski definition) is 4. The molecular formula is C20H27BrF3N5O. The number of hydrogen-bond donors (Lipinski definition) is 4. The lowest BCUT2D eigenvalue weighted by Gasteiger charge is -2.39. The van der Waals surface area contributed by atoms with E-state index in [-0.39, 0.29) is 12.3 Å². The number of para-hydroxylation sites is 1. The highest BCUT2D eigenvalue weighted by atomic mass is 79.9. The molecule has 1 aromatic rings. The Morgan fingerprint density at radius 1 is 1.17 bits per heavy atom. The first kappa shape index (κ1) is 22.9. The molecule has 2 aliphatic rings. The van der Waals surface area contributed by atoms with Gasteiger partial charge in [-0.15, -0.1) is 13.2 Å². The molecule has 1 fully saturated rings. The fourth-order valence-corrected chi connectivity index (χ4v) is 4.33. The third kappa shape index (κ3) is 6.12. The lowest BCUT2D eigenvalue weighted by atomic mass is 9.78. The summed E-state index contributed by atoms with van der Waals surface area (Å²) in [5.41, 5.74) is 11.9. The molecule has 0 spiro atoms. The number of benzene rings is 1. The number of aliphatic imine (C=N–C) groups is 1. The summed E-state index contributed by atoms with van der Waals surface area (Å²) in [6, 6.07) is 5.94. The summed E-state index contributed by atoms with van der Waals surface area (Å²) in [5.74, 6) is 1.19. The van der Waals surface area contributed by atoms with Crippen molar-refractivity contribution in [2.24, 2.45) is 28.3 Å². The Hall–Kier alpha value is -1.78. The molecule has 0 saturated heterocycles. The van der Waals surface area contributed by atoms with E-state index in [1.807, 2.05) is 0 Å². The summed E-state index contributed by atoms with van der Waals surface area (Å²) in [6.07, 6.45) is 2.04. The second-order valence-corrected chi connectivity index (χ2v) is 8.73. The molecule has 1 unspecified atom stereocenters. The van der Waals surface area contributed by atoms with E-state index in [0.717, 1.165) is 43.1 Å². The lowest BCUT2D eigenvalue weighted by Crippen LogP contribution is -2.62. The van der Waals surface area contributed by atoms with Crippen LogP contribution in [0.25, 0.3) is 0 Å². The fraction of sp³-hybridized carbons (Fsp3) is 0.550. The van der Waals surface area contributed by atoms with Crippen molar-refractivity contribution >= 4 is 21.9 Å². The number of nitrogens with zero attached hydrogens (tertiary/aromatic N) is 1. The first-order valence-corrected chi connectivity index (χ1v) is 10.8. The van der Waals surface area contributed by atoms with Crippen molar-refractivity contribution < 1.29 is 17.9 Å². The minimum atomic E-state index is -4.76. The molecule has 1 heterocycles.